The van der Waals surface area contributed by atoms with Crippen LogP contribution in [0.1, 0.15) is 54.8 Å². The van der Waals surface area contributed by atoms with Crippen molar-refractivity contribution in [2.45, 2.75) is 63.0 Å². The van der Waals surface area contributed by atoms with E-state index in [0.717, 1.165) is 17.8 Å². The van der Waals surface area contributed by atoms with Gasteiger partial charge in [0.15, 0.2) is 0 Å². The minimum absolute atomic E-state index is 0.0249. The molecule has 0 unspecified atom stereocenters. The van der Waals surface area contributed by atoms with Crippen molar-refractivity contribution in [3.8, 4) is 0 Å². The van der Waals surface area contributed by atoms with Crippen molar-refractivity contribution < 1.29 is 35.9 Å². The van der Waals surface area contributed by atoms with Gasteiger partial charge in [-0.25, -0.2) is 0 Å². The van der Waals surface area contributed by atoms with Crippen LogP contribution >= 0.6 is 0 Å². The topological polar surface area (TPSA) is 42.4 Å². The Hall–Kier alpha value is -2.62. The van der Waals surface area contributed by atoms with Gasteiger partial charge >= 0.3 is 18.3 Å². The standard InChI is InChI=1S/C25H28F6N2O2/c1-35-22(34)14-18-8-5-9-20(23(18)19-10-11-21(32-15-19)25(29,30)31)33(13-12-24(26,27)28)16-17-6-3-2-4-7-17/h2-4,6-7,10-11,15,18,20,23H,5,8-9,12-14,16H2,1H3/t18-,20-,23+/m1/s1. The van der Waals surface area contributed by atoms with Crippen molar-refractivity contribution in [1.29, 1.82) is 0 Å². The monoisotopic (exact) mass is 502 g/mol. The van der Waals surface area contributed by atoms with Gasteiger partial charge in [-0.2, -0.15) is 26.3 Å². The summed E-state index contributed by atoms with van der Waals surface area (Å²) in [7, 11) is 1.25. The predicted molar refractivity (Wildman–Crippen MR) is 117 cm³/mol. The molecular formula is C25H28F6N2O2. The number of nitrogens with zero attached hydrogens (tertiary/aromatic N) is 2. The first-order valence-corrected chi connectivity index (χ1v) is 11.4. The normalized spacial score (nSPS) is 21.2. The third-order valence-electron chi connectivity index (χ3n) is 6.50. The Kier molecular flexibility index (Phi) is 8.79. The minimum Gasteiger partial charge on any atom is -0.469 e. The van der Waals surface area contributed by atoms with Gasteiger partial charge < -0.3 is 4.74 Å². The van der Waals surface area contributed by atoms with Gasteiger partial charge in [-0.1, -0.05) is 42.8 Å². The molecule has 3 atom stereocenters. The maximum absolute atomic E-state index is 13.2. The summed E-state index contributed by atoms with van der Waals surface area (Å²) in [6, 6.07) is 10.9. The number of aromatic nitrogens is 1. The molecule has 0 saturated heterocycles. The van der Waals surface area contributed by atoms with Gasteiger partial charge in [0, 0.05) is 37.7 Å². The van der Waals surface area contributed by atoms with Crippen molar-refractivity contribution in [2.24, 2.45) is 5.92 Å². The number of hydrogen-bond acceptors (Lipinski definition) is 4. The molecule has 0 amide bonds. The van der Waals surface area contributed by atoms with Crippen LogP contribution in [-0.2, 0) is 22.3 Å². The van der Waals surface area contributed by atoms with Crippen molar-refractivity contribution >= 4 is 5.97 Å². The molecule has 2 aromatic rings. The number of carbonyl (C=O) groups excluding carboxylic acids is 1. The Balaban J connectivity index is 1.99. The highest BCUT2D eigenvalue weighted by Crippen LogP contribution is 2.43. The second kappa shape index (κ2) is 11.4. The summed E-state index contributed by atoms with van der Waals surface area (Å²) in [5.74, 6) is -1.25. The van der Waals surface area contributed by atoms with Gasteiger partial charge in [-0.3, -0.25) is 14.7 Å². The fourth-order valence-corrected chi connectivity index (χ4v) is 4.91. The quantitative estimate of drug-likeness (QED) is 0.311. The molecule has 0 aliphatic heterocycles. The van der Waals surface area contributed by atoms with Crippen molar-refractivity contribution in [3.05, 3.63) is 65.5 Å². The number of pyridine rings is 1. The number of esters is 1. The van der Waals surface area contributed by atoms with Crippen LogP contribution in [0.5, 0.6) is 0 Å². The second-order valence-electron chi connectivity index (χ2n) is 8.86. The predicted octanol–water partition coefficient (Wildman–Crippen LogP) is 6.37. The average molecular weight is 502 g/mol. The molecule has 1 fully saturated rings. The summed E-state index contributed by atoms with van der Waals surface area (Å²) in [5.41, 5.74) is 0.257. The molecule has 1 heterocycles. The van der Waals surface area contributed by atoms with Crippen molar-refractivity contribution in [1.82, 2.24) is 9.88 Å². The van der Waals surface area contributed by atoms with Crippen molar-refractivity contribution in [2.75, 3.05) is 13.7 Å². The highest BCUT2D eigenvalue weighted by Gasteiger charge is 2.41. The van der Waals surface area contributed by atoms with Gasteiger partial charge in [-0.15, -0.1) is 0 Å². The zero-order valence-corrected chi connectivity index (χ0v) is 19.3. The van der Waals surface area contributed by atoms with Crippen LogP contribution in [0.3, 0.4) is 0 Å². The summed E-state index contributed by atoms with van der Waals surface area (Å²) in [6.07, 6.45) is -6.99. The van der Waals surface area contributed by atoms with Gasteiger partial charge in [-0.05, 0) is 36.0 Å². The molecule has 35 heavy (non-hydrogen) atoms. The largest absolute Gasteiger partial charge is 0.469 e. The number of carbonyl (C=O) groups is 1. The molecule has 1 aromatic heterocycles. The molecule has 192 valence electrons. The Morgan fingerprint density at radius 2 is 1.77 bits per heavy atom. The second-order valence-corrected chi connectivity index (χ2v) is 8.86. The first-order valence-electron chi connectivity index (χ1n) is 11.4. The van der Waals surface area contributed by atoms with E-state index in [2.05, 4.69) is 4.98 Å². The van der Waals surface area contributed by atoms with Crippen LogP contribution in [-0.4, -0.2) is 41.7 Å². The molecule has 10 heteroatoms. The van der Waals surface area contributed by atoms with Crippen LogP contribution in [0.2, 0.25) is 0 Å². The molecule has 0 spiro atoms. The lowest BCUT2D eigenvalue weighted by Crippen LogP contribution is -2.45. The fraction of sp³-hybridized carbons (Fsp3) is 0.520. The van der Waals surface area contributed by atoms with Gasteiger partial charge in [0.1, 0.15) is 5.69 Å². The molecule has 1 aliphatic carbocycles. The lowest BCUT2D eigenvalue weighted by atomic mass is 9.70. The van der Waals surface area contributed by atoms with Crippen LogP contribution < -0.4 is 0 Å². The summed E-state index contributed by atoms with van der Waals surface area (Å²) in [5, 5.41) is 0. The Morgan fingerprint density at radius 3 is 2.34 bits per heavy atom. The van der Waals surface area contributed by atoms with Crippen LogP contribution in [0.4, 0.5) is 26.3 Å². The maximum Gasteiger partial charge on any atom is 0.433 e. The third-order valence-corrected chi connectivity index (χ3v) is 6.50. The first kappa shape index (κ1) is 27.0. The highest BCUT2D eigenvalue weighted by molar-refractivity contribution is 5.69. The van der Waals surface area contributed by atoms with Crippen LogP contribution in [0.25, 0.3) is 0 Å². The van der Waals surface area contributed by atoms with Gasteiger partial charge in [0.05, 0.1) is 13.5 Å². The van der Waals surface area contributed by atoms with Crippen LogP contribution in [0, 0.1) is 5.92 Å². The number of methoxy groups -OCH3 is 1. The van der Waals surface area contributed by atoms with Crippen molar-refractivity contribution in [3.63, 3.8) is 0 Å². The molecule has 1 aliphatic rings. The SMILES string of the molecule is COC(=O)C[C@H]1CCC[C@@H](N(CCC(F)(F)F)Cc2ccccc2)[C@@H]1c1ccc(C(F)(F)F)nc1. The van der Waals surface area contributed by atoms with E-state index in [0.29, 0.717) is 24.8 Å². The number of halogens is 6. The van der Waals surface area contributed by atoms with E-state index in [9.17, 15) is 31.1 Å². The summed E-state index contributed by atoms with van der Waals surface area (Å²) in [4.78, 5) is 17.4. The summed E-state index contributed by atoms with van der Waals surface area (Å²) < 4.78 is 83.6. The molecular weight excluding hydrogens is 474 g/mol. The minimum atomic E-state index is -4.61. The van der Waals surface area contributed by atoms with E-state index in [1.54, 1.807) is 17.0 Å². The summed E-state index contributed by atoms with van der Waals surface area (Å²) >= 11 is 0. The van der Waals surface area contributed by atoms with E-state index < -0.39 is 42.4 Å². The number of benzene rings is 1. The molecule has 1 saturated carbocycles. The Labute approximate surface area is 200 Å². The molecule has 4 nitrogen and oxygen atoms in total. The first-order chi connectivity index (χ1) is 16.5. The van der Waals surface area contributed by atoms with Gasteiger partial charge in [0.25, 0.3) is 0 Å². The number of rotatable bonds is 8. The van der Waals surface area contributed by atoms with E-state index in [-0.39, 0.29) is 25.4 Å². The number of alkyl halides is 6. The Morgan fingerprint density at radius 1 is 1.06 bits per heavy atom. The van der Waals surface area contributed by atoms with E-state index >= 15 is 0 Å². The molecule has 0 bridgehead atoms. The molecule has 0 N–H and O–H groups in total. The van der Waals surface area contributed by atoms with E-state index in [1.165, 1.54) is 13.2 Å². The van der Waals surface area contributed by atoms with E-state index in [1.807, 2.05) is 18.2 Å². The zero-order valence-electron chi connectivity index (χ0n) is 19.3. The summed E-state index contributed by atoms with van der Waals surface area (Å²) in [6.45, 7) is -0.0182. The average Bonchev–Trinajstić information content (AvgIpc) is 2.81. The Bertz CT molecular complexity index is 947. The maximum atomic E-state index is 13.2. The lowest BCUT2D eigenvalue weighted by molar-refractivity contribution is -0.143. The lowest BCUT2D eigenvalue weighted by Gasteiger charge is -2.44. The van der Waals surface area contributed by atoms with E-state index in [4.69, 9.17) is 4.74 Å². The van der Waals surface area contributed by atoms with Crippen LogP contribution in [0.15, 0.2) is 48.7 Å². The number of ether oxygens (including phenoxy) is 1. The molecule has 1 aromatic carbocycles. The smallest absolute Gasteiger partial charge is 0.433 e. The number of hydrogen-bond donors (Lipinski definition) is 0. The highest BCUT2D eigenvalue weighted by atomic mass is 19.4. The molecule has 0 radical (unpaired) electrons. The third kappa shape index (κ3) is 7.68. The van der Waals surface area contributed by atoms with Gasteiger partial charge in [0.2, 0.25) is 0 Å². The molecule has 3 rings (SSSR count). The zero-order chi connectivity index (χ0) is 25.6. The fourth-order valence-electron chi connectivity index (χ4n) is 4.91.